The molecular formula is C9H11N5. The van der Waals surface area contributed by atoms with E-state index in [9.17, 15) is 0 Å². The molecule has 0 aliphatic carbocycles. The summed E-state index contributed by atoms with van der Waals surface area (Å²) in [6.07, 6.45) is 0. The fourth-order valence-electron chi connectivity index (χ4n) is 1.12. The predicted octanol–water partition coefficient (Wildman–Crippen LogP) is 0.0791. The Balaban J connectivity index is 2.21. The Labute approximate surface area is 81.7 Å². The molecule has 5 heteroatoms. The molecule has 0 aromatic heterocycles. The number of nitrogens with zero attached hydrogens (tertiary/aromatic N) is 2. The van der Waals surface area contributed by atoms with Crippen LogP contribution in [0.15, 0.2) is 34.5 Å². The van der Waals surface area contributed by atoms with Crippen LogP contribution in [0.25, 0.3) is 0 Å². The molecule has 0 radical (unpaired) electrons. The maximum Gasteiger partial charge on any atom is 0.232 e. The molecule has 1 aromatic rings. The van der Waals surface area contributed by atoms with E-state index in [0.717, 1.165) is 5.56 Å². The molecule has 1 heterocycles. The highest BCUT2D eigenvalue weighted by Gasteiger charge is 2.06. The Kier molecular flexibility index (Phi) is 2.06. The molecule has 1 aliphatic heterocycles. The number of aryl methyl sites for hydroxylation is 1. The third-order valence-corrected chi connectivity index (χ3v) is 1.89. The second-order valence-corrected chi connectivity index (χ2v) is 3.05. The summed E-state index contributed by atoms with van der Waals surface area (Å²) >= 11 is 0. The molecule has 0 saturated carbocycles. The van der Waals surface area contributed by atoms with Crippen molar-refractivity contribution in [1.29, 1.82) is 0 Å². The Bertz CT molecular complexity index is 390. The topological polar surface area (TPSA) is 74.8 Å². The molecule has 14 heavy (non-hydrogen) atoms. The van der Waals surface area contributed by atoms with Crippen LogP contribution in [-0.2, 0) is 0 Å². The highest BCUT2D eigenvalue weighted by Crippen LogP contribution is 2.04. The highest BCUT2D eigenvalue weighted by molar-refractivity contribution is 6.01. The third kappa shape index (κ3) is 1.66. The Morgan fingerprint density at radius 1 is 1.07 bits per heavy atom. The summed E-state index contributed by atoms with van der Waals surface area (Å²) in [7, 11) is 0. The quantitative estimate of drug-likeness (QED) is 0.585. The summed E-state index contributed by atoms with van der Waals surface area (Å²) in [5.41, 5.74) is 12.9. The van der Waals surface area contributed by atoms with Crippen molar-refractivity contribution in [2.45, 2.75) is 6.92 Å². The maximum absolute atomic E-state index is 5.37. The van der Waals surface area contributed by atoms with Gasteiger partial charge in [-0.15, -0.1) is 5.10 Å². The van der Waals surface area contributed by atoms with Crippen LogP contribution in [0.2, 0.25) is 0 Å². The SMILES string of the molecule is Cc1ccc(C2=NNC(N)=NN2)cc1. The van der Waals surface area contributed by atoms with Gasteiger partial charge in [-0.2, -0.15) is 5.10 Å². The van der Waals surface area contributed by atoms with E-state index in [-0.39, 0.29) is 5.96 Å². The predicted molar refractivity (Wildman–Crippen MR) is 55.6 cm³/mol. The molecule has 1 aliphatic rings. The summed E-state index contributed by atoms with van der Waals surface area (Å²) in [6.45, 7) is 2.04. The van der Waals surface area contributed by atoms with Gasteiger partial charge < -0.3 is 5.73 Å². The number of guanidine groups is 1. The average molecular weight is 189 g/mol. The monoisotopic (exact) mass is 189 g/mol. The van der Waals surface area contributed by atoms with Crippen molar-refractivity contribution in [2.24, 2.45) is 15.9 Å². The molecule has 0 bridgehead atoms. The average Bonchev–Trinajstić information content (AvgIpc) is 2.21. The molecule has 0 unspecified atom stereocenters. The Hall–Kier alpha value is -2.04. The van der Waals surface area contributed by atoms with Gasteiger partial charge in [0.1, 0.15) is 0 Å². The summed E-state index contributed by atoms with van der Waals surface area (Å²) < 4.78 is 0. The summed E-state index contributed by atoms with van der Waals surface area (Å²) in [4.78, 5) is 0. The molecule has 0 amide bonds. The molecule has 0 saturated heterocycles. The van der Waals surface area contributed by atoms with Crippen LogP contribution < -0.4 is 16.6 Å². The van der Waals surface area contributed by atoms with Crippen molar-refractivity contribution in [1.82, 2.24) is 10.9 Å². The van der Waals surface area contributed by atoms with E-state index in [0.29, 0.717) is 5.84 Å². The van der Waals surface area contributed by atoms with Crippen molar-refractivity contribution in [3.63, 3.8) is 0 Å². The fourth-order valence-corrected chi connectivity index (χ4v) is 1.12. The van der Waals surface area contributed by atoms with Crippen molar-refractivity contribution in [3.05, 3.63) is 35.4 Å². The fraction of sp³-hybridized carbons (Fsp3) is 0.111. The molecule has 1 aromatic carbocycles. The largest absolute Gasteiger partial charge is 0.367 e. The zero-order chi connectivity index (χ0) is 9.97. The van der Waals surface area contributed by atoms with Crippen LogP contribution in [0.1, 0.15) is 11.1 Å². The van der Waals surface area contributed by atoms with Crippen molar-refractivity contribution >= 4 is 11.8 Å². The molecule has 0 spiro atoms. The molecule has 72 valence electrons. The highest BCUT2D eigenvalue weighted by atomic mass is 15.5. The minimum absolute atomic E-state index is 0.265. The molecular weight excluding hydrogens is 178 g/mol. The van der Waals surface area contributed by atoms with Gasteiger partial charge in [0.25, 0.3) is 0 Å². The van der Waals surface area contributed by atoms with Crippen LogP contribution >= 0.6 is 0 Å². The van der Waals surface area contributed by atoms with Gasteiger partial charge in [0.05, 0.1) is 0 Å². The lowest BCUT2D eigenvalue weighted by Crippen LogP contribution is -2.38. The summed E-state index contributed by atoms with van der Waals surface area (Å²) in [5, 5.41) is 7.82. The normalized spacial score (nSPS) is 14.9. The lowest BCUT2D eigenvalue weighted by Gasteiger charge is -2.11. The van der Waals surface area contributed by atoms with Gasteiger partial charge in [-0.1, -0.05) is 29.8 Å². The smallest absolute Gasteiger partial charge is 0.232 e. The van der Waals surface area contributed by atoms with Crippen LogP contribution in [0.5, 0.6) is 0 Å². The van der Waals surface area contributed by atoms with E-state index >= 15 is 0 Å². The third-order valence-electron chi connectivity index (χ3n) is 1.89. The Morgan fingerprint density at radius 2 is 1.79 bits per heavy atom. The van der Waals surface area contributed by atoms with E-state index in [2.05, 4.69) is 21.1 Å². The number of benzene rings is 1. The summed E-state index contributed by atoms with van der Waals surface area (Å²) in [6, 6.07) is 7.97. The van der Waals surface area contributed by atoms with Crippen LogP contribution in [-0.4, -0.2) is 11.8 Å². The molecule has 2 rings (SSSR count). The van der Waals surface area contributed by atoms with E-state index in [1.54, 1.807) is 0 Å². The van der Waals surface area contributed by atoms with Gasteiger partial charge in [0.15, 0.2) is 5.84 Å². The first kappa shape index (κ1) is 8.55. The number of hydrazone groups is 2. The van der Waals surface area contributed by atoms with Gasteiger partial charge in [0, 0.05) is 5.56 Å². The number of nitrogens with two attached hydrogens (primary N) is 1. The van der Waals surface area contributed by atoms with E-state index in [4.69, 9.17) is 5.73 Å². The number of hydrogen-bond acceptors (Lipinski definition) is 5. The standard InChI is InChI=1S/C9H11N5/c1-6-2-4-7(5-3-6)8-11-13-9(10)14-12-8/h2-5H,1H3,(H,11,12)(H3,10,13,14). The second-order valence-electron chi connectivity index (χ2n) is 3.05. The van der Waals surface area contributed by atoms with Crippen LogP contribution in [0, 0.1) is 6.92 Å². The molecule has 0 fully saturated rings. The number of rotatable bonds is 1. The zero-order valence-corrected chi connectivity index (χ0v) is 7.78. The molecule has 0 atom stereocenters. The first-order valence-corrected chi connectivity index (χ1v) is 4.25. The van der Waals surface area contributed by atoms with Gasteiger partial charge in [-0.05, 0) is 6.92 Å². The molecule has 4 N–H and O–H groups in total. The molecule has 5 nitrogen and oxygen atoms in total. The zero-order valence-electron chi connectivity index (χ0n) is 7.78. The Morgan fingerprint density at radius 3 is 2.36 bits per heavy atom. The van der Waals surface area contributed by atoms with Gasteiger partial charge in [-0.3, -0.25) is 5.43 Å². The maximum atomic E-state index is 5.37. The van der Waals surface area contributed by atoms with Crippen molar-refractivity contribution in [3.8, 4) is 0 Å². The van der Waals surface area contributed by atoms with Crippen molar-refractivity contribution in [2.75, 3.05) is 0 Å². The lowest BCUT2D eigenvalue weighted by molar-refractivity contribution is 0.871. The van der Waals surface area contributed by atoms with Crippen LogP contribution in [0.3, 0.4) is 0 Å². The van der Waals surface area contributed by atoms with E-state index in [1.807, 2.05) is 31.2 Å². The second kappa shape index (κ2) is 3.37. The lowest BCUT2D eigenvalue weighted by atomic mass is 10.1. The van der Waals surface area contributed by atoms with E-state index in [1.165, 1.54) is 5.56 Å². The van der Waals surface area contributed by atoms with E-state index < -0.39 is 0 Å². The first-order valence-electron chi connectivity index (χ1n) is 4.25. The number of nitrogens with one attached hydrogen (secondary N) is 2. The van der Waals surface area contributed by atoms with Gasteiger partial charge >= 0.3 is 0 Å². The van der Waals surface area contributed by atoms with Gasteiger partial charge in [0.2, 0.25) is 5.96 Å². The van der Waals surface area contributed by atoms with Crippen LogP contribution in [0.4, 0.5) is 0 Å². The number of amidine groups is 1. The minimum atomic E-state index is 0.265. The minimum Gasteiger partial charge on any atom is -0.367 e. The first-order chi connectivity index (χ1) is 6.75. The summed E-state index contributed by atoms with van der Waals surface area (Å²) in [5.74, 6) is 0.931. The number of hydrogen-bond donors (Lipinski definition) is 3. The van der Waals surface area contributed by atoms with Gasteiger partial charge in [-0.25, -0.2) is 5.43 Å². The van der Waals surface area contributed by atoms with Crippen molar-refractivity contribution < 1.29 is 0 Å².